The average Bonchev–Trinajstić information content (AvgIpc) is 3.13. The molecule has 3 heteroatoms. The van der Waals surface area contributed by atoms with Crippen LogP contribution in [0.5, 0.6) is 0 Å². The third-order valence-corrected chi connectivity index (χ3v) is 15.5. The molecule has 0 aliphatic heterocycles. The summed E-state index contributed by atoms with van der Waals surface area (Å²) in [7, 11) is -1.75. The van der Waals surface area contributed by atoms with E-state index in [0.29, 0.717) is 11.3 Å². The van der Waals surface area contributed by atoms with Gasteiger partial charge >= 0.3 is 0 Å². The Hall–Kier alpha value is -0.903. The highest BCUT2D eigenvalue weighted by Crippen LogP contribution is 2.60. The van der Waals surface area contributed by atoms with Crippen molar-refractivity contribution in [3.63, 3.8) is 0 Å². The van der Waals surface area contributed by atoms with Gasteiger partial charge in [0.2, 0.25) is 0 Å². The lowest BCUT2D eigenvalue weighted by Gasteiger charge is -2.45. The van der Waals surface area contributed by atoms with Gasteiger partial charge in [0.15, 0.2) is 8.32 Å². The molecule has 1 N–H and O–H groups in total. The number of aliphatic hydroxyl groups is 1. The van der Waals surface area contributed by atoms with Gasteiger partial charge < -0.3 is 9.53 Å². The van der Waals surface area contributed by atoms with Crippen molar-refractivity contribution in [1.82, 2.24) is 0 Å². The van der Waals surface area contributed by atoms with Gasteiger partial charge in [-0.2, -0.15) is 0 Å². The number of rotatable bonds is 8. The largest absolute Gasteiger partial charge is 0.412 e. The lowest BCUT2D eigenvalue weighted by molar-refractivity contribution is 0.0683. The van der Waals surface area contributed by atoms with Crippen LogP contribution in [-0.2, 0) is 4.43 Å². The molecule has 0 unspecified atom stereocenters. The third kappa shape index (κ3) is 6.82. The van der Waals surface area contributed by atoms with Gasteiger partial charge in [-0.05, 0) is 123 Å². The van der Waals surface area contributed by atoms with Crippen molar-refractivity contribution in [3.05, 3.63) is 47.6 Å². The Balaban J connectivity index is 1.62. The molecule has 0 amide bonds. The molecular weight excluding hydrogens is 468 g/mol. The first-order chi connectivity index (χ1) is 17.0. The van der Waals surface area contributed by atoms with Crippen LogP contribution in [-0.4, -0.2) is 25.1 Å². The summed E-state index contributed by atoms with van der Waals surface area (Å²) in [6.45, 7) is 29.7. The molecule has 3 saturated carbocycles. The standard InChI is InChI=1S/C34H58O2Si/c1-24(14-12-22-33(7,8)36-37(10,11)32(4,5)6)29-20-21-30-28(15-13-23-34(29,30)9)19-18-27-17-16-25(2)31(35)26(27)3/h18-19,24,29-31,35H,2-3,12-17,20-23H2,1,4-11H3/b27-18-,28-19+/t24-,29+,30-,31-,34+/m0/s1. The van der Waals surface area contributed by atoms with Crippen molar-refractivity contribution in [3.8, 4) is 0 Å². The SMILES string of the molecule is C=C1CC/C(=C/C=C2\CCC[C@]3(C)[C@@H]([C@@H](C)CCCC(C)(C)O[Si](C)(C)C(C)(C)C)CC[C@@H]23)C(=C)[C@H]1O. The Morgan fingerprint density at radius 1 is 1.08 bits per heavy atom. The monoisotopic (exact) mass is 526 g/mol. The zero-order chi connectivity index (χ0) is 27.8. The summed E-state index contributed by atoms with van der Waals surface area (Å²) in [4.78, 5) is 0. The van der Waals surface area contributed by atoms with E-state index in [1.165, 1.54) is 50.5 Å². The molecule has 3 aliphatic rings. The Labute approximate surface area is 230 Å². The highest BCUT2D eigenvalue weighted by Gasteiger charge is 2.50. The molecule has 0 heterocycles. The fourth-order valence-electron chi connectivity index (χ4n) is 7.57. The van der Waals surface area contributed by atoms with Crippen LogP contribution in [0.15, 0.2) is 47.6 Å². The second-order valence-electron chi connectivity index (χ2n) is 15.1. The fraction of sp³-hybridized carbons (Fsp3) is 0.765. The summed E-state index contributed by atoms with van der Waals surface area (Å²) < 4.78 is 6.81. The number of hydrogen-bond acceptors (Lipinski definition) is 2. The van der Waals surface area contributed by atoms with Crippen molar-refractivity contribution in [2.24, 2.45) is 23.2 Å². The van der Waals surface area contributed by atoms with E-state index < -0.39 is 14.4 Å². The summed E-state index contributed by atoms with van der Waals surface area (Å²) >= 11 is 0. The van der Waals surface area contributed by atoms with E-state index in [4.69, 9.17) is 4.43 Å². The zero-order valence-electron chi connectivity index (χ0n) is 25.8. The molecule has 3 aliphatic carbocycles. The zero-order valence-corrected chi connectivity index (χ0v) is 26.8. The quantitative estimate of drug-likeness (QED) is 0.252. The van der Waals surface area contributed by atoms with Crippen LogP contribution < -0.4 is 0 Å². The van der Waals surface area contributed by atoms with Crippen LogP contribution in [0, 0.1) is 23.2 Å². The first kappa shape index (κ1) is 30.6. The molecule has 0 radical (unpaired) electrons. The molecule has 0 saturated heterocycles. The predicted molar refractivity (Wildman–Crippen MR) is 163 cm³/mol. The molecule has 37 heavy (non-hydrogen) atoms. The molecule has 2 nitrogen and oxygen atoms in total. The van der Waals surface area contributed by atoms with Crippen LogP contribution >= 0.6 is 0 Å². The molecule has 0 aromatic rings. The number of aliphatic hydroxyl groups excluding tert-OH is 1. The predicted octanol–water partition coefficient (Wildman–Crippen LogP) is 9.93. The molecule has 0 aromatic carbocycles. The Morgan fingerprint density at radius 2 is 1.76 bits per heavy atom. The maximum Gasteiger partial charge on any atom is 0.192 e. The van der Waals surface area contributed by atoms with Gasteiger partial charge in [0.05, 0.1) is 11.7 Å². The first-order valence-electron chi connectivity index (χ1n) is 15.1. The molecule has 5 atom stereocenters. The first-order valence-corrected chi connectivity index (χ1v) is 18.0. The number of allylic oxidation sites excluding steroid dienone is 3. The van der Waals surface area contributed by atoms with E-state index in [9.17, 15) is 5.11 Å². The van der Waals surface area contributed by atoms with Crippen LogP contribution in [0.2, 0.25) is 18.1 Å². The minimum absolute atomic E-state index is 0.0395. The van der Waals surface area contributed by atoms with Crippen molar-refractivity contribution >= 4 is 8.32 Å². The summed E-state index contributed by atoms with van der Waals surface area (Å²) in [5.41, 5.74) is 5.00. The lowest BCUT2D eigenvalue weighted by Crippen LogP contribution is -2.47. The van der Waals surface area contributed by atoms with E-state index in [1.54, 1.807) is 5.57 Å². The summed E-state index contributed by atoms with van der Waals surface area (Å²) in [6, 6.07) is 0. The van der Waals surface area contributed by atoms with Gasteiger partial charge in [0.1, 0.15) is 0 Å². The van der Waals surface area contributed by atoms with Gasteiger partial charge in [-0.3, -0.25) is 0 Å². The second kappa shape index (κ2) is 11.3. The van der Waals surface area contributed by atoms with E-state index in [0.717, 1.165) is 42.2 Å². The van der Waals surface area contributed by atoms with Gasteiger partial charge in [0.25, 0.3) is 0 Å². The smallest absolute Gasteiger partial charge is 0.192 e. The molecule has 0 spiro atoms. The van der Waals surface area contributed by atoms with Crippen molar-refractivity contribution < 1.29 is 9.53 Å². The highest BCUT2D eigenvalue weighted by atomic mass is 28.4. The summed E-state index contributed by atoms with van der Waals surface area (Å²) in [6.07, 6.45) is 16.3. The van der Waals surface area contributed by atoms with Gasteiger partial charge in [-0.1, -0.05) is 78.3 Å². The topological polar surface area (TPSA) is 29.5 Å². The highest BCUT2D eigenvalue weighted by molar-refractivity contribution is 6.74. The minimum atomic E-state index is -1.75. The lowest BCUT2D eigenvalue weighted by atomic mass is 9.60. The minimum Gasteiger partial charge on any atom is -0.412 e. The van der Waals surface area contributed by atoms with Crippen molar-refractivity contribution in [2.75, 3.05) is 0 Å². The number of fused-ring (bicyclic) bond motifs is 1. The molecule has 3 fully saturated rings. The van der Waals surface area contributed by atoms with E-state index in [2.05, 4.69) is 86.9 Å². The van der Waals surface area contributed by atoms with E-state index in [-0.39, 0.29) is 10.6 Å². The van der Waals surface area contributed by atoms with Crippen LogP contribution in [0.1, 0.15) is 113 Å². The molecule has 3 rings (SSSR count). The number of hydrogen-bond donors (Lipinski definition) is 1. The Kier molecular flexibility index (Phi) is 9.35. The van der Waals surface area contributed by atoms with Crippen LogP contribution in [0.4, 0.5) is 0 Å². The second-order valence-corrected chi connectivity index (χ2v) is 19.8. The molecule has 0 bridgehead atoms. The maximum atomic E-state index is 10.4. The van der Waals surface area contributed by atoms with E-state index in [1.807, 2.05) is 0 Å². The van der Waals surface area contributed by atoms with Crippen molar-refractivity contribution in [1.29, 1.82) is 0 Å². The Morgan fingerprint density at radius 3 is 2.41 bits per heavy atom. The van der Waals surface area contributed by atoms with Crippen LogP contribution in [0.25, 0.3) is 0 Å². The third-order valence-electron chi connectivity index (χ3n) is 10.8. The van der Waals surface area contributed by atoms with Gasteiger partial charge in [-0.15, -0.1) is 0 Å². The fourth-order valence-corrected chi connectivity index (χ4v) is 9.36. The van der Waals surface area contributed by atoms with Gasteiger partial charge in [-0.25, -0.2) is 0 Å². The van der Waals surface area contributed by atoms with Gasteiger partial charge in [0, 0.05) is 0 Å². The van der Waals surface area contributed by atoms with Crippen LogP contribution in [0.3, 0.4) is 0 Å². The molecule has 0 aromatic heterocycles. The van der Waals surface area contributed by atoms with Crippen molar-refractivity contribution in [2.45, 2.75) is 143 Å². The summed E-state index contributed by atoms with van der Waals surface area (Å²) in [5.74, 6) is 2.28. The normalized spacial score (nSPS) is 32.8. The summed E-state index contributed by atoms with van der Waals surface area (Å²) in [5, 5.41) is 10.6. The Bertz CT molecular complexity index is 915. The average molecular weight is 527 g/mol. The maximum absolute atomic E-state index is 10.4. The van der Waals surface area contributed by atoms with E-state index >= 15 is 0 Å². The molecule has 210 valence electrons. The molecular formula is C34H58O2Si.